The molecule has 1 fully saturated rings. The second kappa shape index (κ2) is 10.4. The average Bonchev–Trinajstić information content (AvgIpc) is 2.68. The van der Waals surface area contributed by atoms with Gasteiger partial charge in [-0.25, -0.2) is 4.79 Å². The van der Waals surface area contributed by atoms with Crippen molar-refractivity contribution in [2.45, 2.75) is 76.9 Å². The van der Waals surface area contributed by atoms with E-state index in [9.17, 15) is 14.7 Å². The van der Waals surface area contributed by atoms with Crippen molar-refractivity contribution in [1.29, 1.82) is 0 Å². The zero-order valence-electron chi connectivity index (χ0n) is 17.2. The van der Waals surface area contributed by atoms with Gasteiger partial charge in [0.05, 0.1) is 12.1 Å². The van der Waals surface area contributed by atoms with Crippen molar-refractivity contribution >= 4 is 5.91 Å². The van der Waals surface area contributed by atoms with Gasteiger partial charge in [0.2, 0.25) is 0 Å². The molecule has 2 atom stereocenters. The molecule has 3 rings (SSSR count). The molecule has 0 spiro atoms. The summed E-state index contributed by atoms with van der Waals surface area (Å²) in [6.45, 7) is 1.76. The average molecular weight is 398 g/mol. The third-order valence-corrected chi connectivity index (χ3v) is 5.70. The van der Waals surface area contributed by atoms with Crippen molar-refractivity contribution < 1.29 is 14.3 Å². The highest BCUT2D eigenvalue weighted by molar-refractivity contribution is 5.95. The molecule has 1 heterocycles. The molecule has 0 radical (unpaired) electrons. The summed E-state index contributed by atoms with van der Waals surface area (Å²) in [6, 6.07) is 11.7. The Hall–Kier alpha value is -2.40. The van der Waals surface area contributed by atoms with E-state index in [1.54, 1.807) is 13.0 Å². The molecule has 0 saturated heterocycles. The van der Waals surface area contributed by atoms with Crippen molar-refractivity contribution in [1.82, 2.24) is 5.32 Å². The monoisotopic (exact) mass is 397 g/mol. The number of aliphatic hydroxyl groups is 1. The quantitative estimate of drug-likeness (QED) is 0.774. The van der Waals surface area contributed by atoms with Crippen molar-refractivity contribution in [3.05, 3.63) is 69.3 Å². The number of amides is 1. The maximum atomic E-state index is 12.7. The summed E-state index contributed by atoms with van der Waals surface area (Å²) in [7, 11) is 0. The first-order valence-corrected chi connectivity index (χ1v) is 10.7. The maximum Gasteiger partial charge on any atom is 0.349 e. The predicted octanol–water partition coefficient (Wildman–Crippen LogP) is 3.94. The van der Waals surface area contributed by atoms with Gasteiger partial charge in [0, 0.05) is 6.42 Å². The molecule has 0 unspecified atom stereocenters. The Morgan fingerprint density at radius 3 is 2.55 bits per heavy atom. The largest absolute Gasteiger partial charge is 0.427 e. The van der Waals surface area contributed by atoms with Crippen LogP contribution >= 0.6 is 0 Å². The van der Waals surface area contributed by atoms with E-state index >= 15 is 0 Å². The number of nitrogens with one attached hydrogen (secondary N) is 1. The first kappa shape index (κ1) is 21.3. The van der Waals surface area contributed by atoms with Gasteiger partial charge in [-0.2, -0.15) is 0 Å². The molecule has 1 aliphatic rings. The van der Waals surface area contributed by atoms with Crippen LogP contribution in [-0.2, 0) is 12.8 Å². The van der Waals surface area contributed by atoms with Gasteiger partial charge in [-0.05, 0) is 49.8 Å². The molecule has 29 heavy (non-hydrogen) atoms. The van der Waals surface area contributed by atoms with Crippen LogP contribution in [0.3, 0.4) is 0 Å². The Bertz CT molecular complexity index is 859. The van der Waals surface area contributed by atoms with E-state index in [4.69, 9.17) is 4.42 Å². The van der Waals surface area contributed by atoms with E-state index in [1.807, 2.05) is 18.2 Å². The third kappa shape index (κ3) is 6.04. The smallest absolute Gasteiger partial charge is 0.349 e. The second-order valence-electron chi connectivity index (χ2n) is 8.04. The minimum Gasteiger partial charge on any atom is -0.427 e. The number of rotatable bonds is 6. The maximum absolute atomic E-state index is 12.7. The number of carbonyl (C=O) groups is 1. The molecule has 1 aromatic carbocycles. The third-order valence-electron chi connectivity index (χ3n) is 5.70. The van der Waals surface area contributed by atoms with Gasteiger partial charge in [-0.15, -0.1) is 0 Å². The Morgan fingerprint density at radius 2 is 1.83 bits per heavy atom. The van der Waals surface area contributed by atoms with Crippen LogP contribution in [-0.4, -0.2) is 23.2 Å². The van der Waals surface area contributed by atoms with Gasteiger partial charge < -0.3 is 14.8 Å². The molecule has 1 aliphatic carbocycles. The number of aryl methyl sites for hydroxylation is 3. The lowest BCUT2D eigenvalue weighted by Gasteiger charge is -2.26. The Balaban J connectivity index is 1.63. The number of benzene rings is 1. The first-order chi connectivity index (χ1) is 14.0. The lowest BCUT2D eigenvalue weighted by molar-refractivity contribution is 0.0767. The van der Waals surface area contributed by atoms with Crippen LogP contribution in [0.4, 0.5) is 0 Å². The molecule has 2 aromatic rings. The minimum atomic E-state index is -0.599. The van der Waals surface area contributed by atoms with Gasteiger partial charge in [-0.1, -0.05) is 56.0 Å². The van der Waals surface area contributed by atoms with E-state index in [-0.39, 0.29) is 11.6 Å². The topological polar surface area (TPSA) is 79.5 Å². The van der Waals surface area contributed by atoms with E-state index in [0.29, 0.717) is 24.2 Å². The summed E-state index contributed by atoms with van der Waals surface area (Å²) < 4.78 is 5.43. The molecule has 156 valence electrons. The summed E-state index contributed by atoms with van der Waals surface area (Å²) in [4.78, 5) is 25.2. The fraction of sp³-hybridized carbons (Fsp3) is 0.500. The summed E-state index contributed by atoms with van der Waals surface area (Å²) in [5.41, 5.74) is 1.32. The molecule has 0 bridgehead atoms. The lowest BCUT2D eigenvalue weighted by Crippen LogP contribution is -2.45. The van der Waals surface area contributed by atoms with Crippen LogP contribution in [0.15, 0.2) is 45.6 Å². The Kier molecular flexibility index (Phi) is 7.64. The number of carbonyl (C=O) groups excluding carboxylic acids is 1. The van der Waals surface area contributed by atoms with Gasteiger partial charge in [0.25, 0.3) is 5.91 Å². The molecular weight excluding hydrogens is 366 g/mol. The molecule has 1 saturated carbocycles. The van der Waals surface area contributed by atoms with Crippen LogP contribution in [0, 0.1) is 6.92 Å². The number of hydrogen-bond donors (Lipinski definition) is 2. The number of aliphatic hydroxyl groups excluding tert-OH is 1. The van der Waals surface area contributed by atoms with Crippen molar-refractivity contribution in [3.8, 4) is 0 Å². The van der Waals surface area contributed by atoms with Gasteiger partial charge in [-0.3, -0.25) is 4.79 Å². The van der Waals surface area contributed by atoms with Crippen molar-refractivity contribution in [2.75, 3.05) is 0 Å². The number of hydrogen-bond acceptors (Lipinski definition) is 4. The van der Waals surface area contributed by atoms with Gasteiger partial charge in [0.1, 0.15) is 11.3 Å². The minimum absolute atomic E-state index is 0.0473. The SMILES string of the molecule is Cc1cc(CCCc2ccccc2)oc(=O)c1C(=O)N[C@H]1CCCCCC[C@@H]1O. The molecule has 1 amide bonds. The lowest BCUT2D eigenvalue weighted by atomic mass is 9.94. The molecule has 2 N–H and O–H groups in total. The molecular formula is C24H31NO4. The van der Waals surface area contributed by atoms with Crippen molar-refractivity contribution in [3.63, 3.8) is 0 Å². The van der Waals surface area contributed by atoms with Crippen LogP contribution in [0.25, 0.3) is 0 Å². The molecule has 5 heteroatoms. The Labute approximate surface area is 172 Å². The van der Waals surface area contributed by atoms with Gasteiger partial charge in [0.15, 0.2) is 0 Å². The van der Waals surface area contributed by atoms with Crippen LogP contribution < -0.4 is 10.9 Å². The predicted molar refractivity (Wildman–Crippen MR) is 113 cm³/mol. The second-order valence-corrected chi connectivity index (χ2v) is 8.04. The molecule has 5 nitrogen and oxygen atoms in total. The summed E-state index contributed by atoms with van der Waals surface area (Å²) in [5, 5.41) is 13.2. The highest BCUT2D eigenvalue weighted by Crippen LogP contribution is 2.19. The molecule has 1 aromatic heterocycles. The fourth-order valence-electron chi connectivity index (χ4n) is 4.05. The first-order valence-electron chi connectivity index (χ1n) is 10.7. The van der Waals surface area contributed by atoms with E-state index in [1.165, 1.54) is 5.56 Å². The van der Waals surface area contributed by atoms with E-state index in [0.717, 1.165) is 44.9 Å². The summed E-state index contributed by atoms with van der Waals surface area (Å²) >= 11 is 0. The van der Waals surface area contributed by atoms with Gasteiger partial charge >= 0.3 is 5.63 Å². The zero-order valence-corrected chi connectivity index (χ0v) is 17.2. The van der Waals surface area contributed by atoms with E-state index in [2.05, 4.69) is 17.4 Å². The Morgan fingerprint density at radius 1 is 1.10 bits per heavy atom. The zero-order chi connectivity index (χ0) is 20.6. The molecule has 0 aliphatic heterocycles. The highest BCUT2D eigenvalue weighted by Gasteiger charge is 2.25. The van der Waals surface area contributed by atoms with Crippen LogP contribution in [0.2, 0.25) is 0 Å². The normalized spacial score (nSPS) is 19.9. The van der Waals surface area contributed by atoms with Crippen LogP contribution in [0.5, 0.6) is 0 Å². The van der Waals surface area contributed by atoms with Crippen molar-refractivity contribution in [2.24, 2.45) is 0 Å². The highest BCUT2D eigenvalue weighted by atomic mass is 16.4. The summed E-state index contributed by atoms with van der Waals surface area (Å²) in [5.74, 6) is 0.155. The van der Waals surface area contributed by atoms with E-state index < -0.39 is 17.6 Å². The summed E-state index contributed by atoms with van der Waals surface area (Å²) in [6.07, 6.45) is 7.43. The fourth-order valence-corrected chi connectivity index (χ4v) is 4.05. The van der Waals surface area contributed by atoms with Crippen LogP contribution in [0.1, 0.15) is 72.2 Å². The standard InChI is InChI=1S/C24H31NO4/c1-17-16-19(13-9-12-18-10-5-4-6-11-18)29-24(28)22(17)23(27)25-20-14-7-2-3-8-15-21(20)26/h4-6,10-11,16,20-21,26H,2-3,7-9,12-15H2,1H3,(H,25,27)/t20-,21-/m0/s1.